The predicted molar refractivity (Wildman–Crippen MR) is 129 cm³/mol. The zero-order valence-electron chi connectivity index (χ0n) is 18.1. The maximum Gasteiger partial charge on any atom is 0.358 e. The van der Waals surface area contributed by atoms with Gasteiger partial charge in [0.25, 0.3) is 0 Å². The fourth-order valence-corrected chi connectivity index (χ4v) is 3.55. The van der Waals surface area contributed by atoms with E-state index >= 15 is 0 Å². The lowest BCUT2D eigenvalue weighted by molar-refractivity contribution is 0.0580. The highest BCUT2D eigenvalue weighted by molar-refractivity contribution is 6.31. The first-order valence-corrected chi connectivity index (χ1v) is 11.0. The van der Waals surface area contributed by atoms with Crippen LogP contribution in [0.4, 0.5) is 4.39 Å². The molecule has 1 heterocycles. The summed E-state index contributed by atoms with van der Waals surface area (Å²) in [7, 11) is 1.28. The SMILES string of the molecule is COC(=O)c1nc(-c2ccc(Cl)cc2)c(-c2ccc(Cl)cc2)nc1COCc1ccc(F)cc1. The molecule has 0 saturated carbocycles. The van der Waals surface area contributed by atoms with E-state index in [1.807, 2.05) is 12.1 Å². The molecule has 0 aliphatic carbocycles. The van der Waals surface area contributed by atoms with Crippen LogP contribution in [0.5, 0.6) is 0 Å². The average Bonchev–Trinajstić information content (AvgIpc) is 2.85. The van der Waals surface area contributed by atoms with E-state index in [0.29, 0.717) is 27.1 Å². The highest BCUT2D eigenvalue weighted by Crippen LogP contribution is 2.32. The van der Waals surface area contributed by atoms with Crippen LogP contribution in [0.2, 0.25) is 10.0 Å². The van der Waals surface area contributed by atoms with Crippen LogP contribution in [0.25, 0.3) is 22.5 Å². The van der Waals surface area contributed by atoms with Gasteiger partial charge in [0.2, 0.25) is 0 Å². The molecule has 4 aromatic rings. The van der Waals surface area contributed by atoms with Gasteiger partial charge in [0.15, 0.2) is 5.69 Å². The number of hydrogen-bond donors (Lipinski definition) is 0. The largest absolute Gasteiger partial charge is 0.464 e. The topological polar surface area (TPSA) is 61.3 Å². The van der Waals surface area contributed by atoms with Gasteiger partial charge >= 0.3 is 5.97 Å². The van der Waals surface area contributed by atoms with Gasteiger partial charge in [-0.05, 0) is 42.0 Å². The molecule has 0 unspecified atom stereocenters. The Morgan fingerprint density at radius 3 is 1.85 bits per heavy atom. The van der Waals surface area contributed by atoms with Gasteiger partial charge in [0.1, 0.15) is 11.5 Å². The van der Waals surface area contributed by atoms with E-state index in [9.17, 15) is 9.18 Å². The predicted octanol–water partition coefficient (Wildman–Crippen LogP) is 6.76. The molecule has 0 atom stereocenters. The number of carbonyl (C=O) groups excluding carboxylic acids is 1. The lowest BCUT2D eigenvalue weighted by Gasteiger charge is -2.15. The van der Waals surface area contributed by atoms with Crippen LogP contribution < -0.4 is 0 Å². The van der Waals surface area contributed by atoms with Crippen LogP contribution in [0.3, 0.4) is 0 Å². The molecule has 172 valence electrons. The van der Waals surface area contributed by atoms with Crippen molar-refractivity contribution in [3.8, 4) is 22.5 Å². The fraction of sp³-hybridized carbons (Fsp3) is 0.115. The van der Waals surface area contributed by atoms with Gasteiger partial charge in [-0.3, -0.25) is 0 Å². The van der Waals surface area contributed by atoms with Crippen molar-refractivity contribution < 1.29 is 18.7 Å². The Bertz CT molecular complexity index is 1300. The molecule has 0 spiro atoms. The molecule has 0 amide bonds. The molecular weight excluding hydrogens is 478 g/mol. The number of benzene rings is 3. The number of methoxy groups -OCH3 is 1. The van der Waals surface area contributed by atoms with Gasteiger partial charge in [-0.2, -0.15) is 0 Å². The minimum atomic E-state index is -0.634. The summed E-state index contributed by atoms with van der Waals surface area (Å²) in [6.07, 6.45) is 0. The van der Waals surface area contributed by atoms with Crippen molar-refractivity contribution >= 4 is 29.2 Å². The molecule has 4 rings (SSSR count). The van der Waals surface area contributed by atoms with E-state index in [1.165, 1.54) is 19.2 Å². The monoisotopic (exact) mass is 496 g/mol. The Morgan fingerprint density at radius 1 is 0.794 bits per heavy atom. The number of carbonyl (C=O) groups is 1. The fourth-order valence-electron chi connectivity index (χ4n) is 3.30. The first-order valence-electron chi connectivity index (χ1n) is 10.3. The van der Waals surface area contributed by atoms with Gasteiger partial charge in [0.05, 0.1) is 31.7 Å². The van der Waals surface area contributed by atoms with E-state index in [0.717, 1.165) is 16.7 Å². The van der Waals surface area contributed by atoms with Crippen LogP contribution in [0, 0.1) is 5.82 Å². The minimum Gasteiger partial charge on any atom is -0.464 e. The Balaban J connectivity index is 1.76. The lowest BCUT2D eigenvalue weighted by Crippen LogP contribution is -2.14. The van der Waals surface area contributed by atoms with Crippen molar-refractivity contribution in [1.29, 1.82) is 0 Å². The third-order valence-electron chi connectivity index (χ3n) is 5.00. The van der Waals surface area contributed by atoms with E-state index in [-0.39, 0.29) is 24.7 Å². The van der Waals surface area contributed by atoms with Crippen molar-refractivity contribution in [3.05, 3.63) is 106 Å². The van der Waals surface area contributed by atoms with Crippen molar-refractivity contribution in [3.63, 3.8) is 0 Å². The Hall–Kier alpha value is -3.32. The molecule has 0 N–H and O–H groups in total. The number of esters is 1. The second kappa shape index (κ2) is 10.7. The second-order valence-corrected chi connectivity index (χ2v) is 8.21. The third kappa shape index (κ3) is 5.59. The molecule has 1 aromatic heterocycles. The molecule has 0 bridgehead atoms. The zero-order valence-corrected chi connectivity index (χ0v) is 19.6. The van der Waals surface area contributed by atoms with E-state index in [2.05, 4.69) is 4.98 Å². The molecule has 0 aliphatic heterocycles. The highest BCUT2D eigenvalue weighted by Gasteiger charge is 2.22. The number of rotatable bonds is 7. The standard InChI is InChI=1S/C26H19Cl2FN2O3/c1-33-26(32)25-22(15-34-14-16-2-12-21(29)13-3-16)30-23(17-4-8-19(27)9-5-17)24(31-25)18-6-10-20(28)11-7-18/h2-13H,14-15H2,1H3. The summed E-state index contributed by atoms with van der Waals surface area (Å²) in [6, 6.07) is 20.2. The molecule has 0 fully saturated rings. The first kappa shape index (κ1) is 23.8. The summed E-state index contributed by atoms with van der Waals surface area (Å²) in [5, 5.41) is 1.16. The second-order valence-electron chi connectivity index (χ2n) is 7.34. The van der Waals surface area contributed by atoms with Gasteiger partial charge < -0.3 is 9.47 Å². The Kier molecular flexibility index (Phi) is 7.53. The summed E-state index contributed by atoms with van der Waals surface area (Å²) < 4.78 is 23.9. The number of nitrogens with zero attached hydrogens (tertiary/aromatic N) is 2. The molecule has 0 radical (unpaired) electrons. The quantitative estimate of drug-likeness (QED) is 0.264. The van der Waals surface area contributed by atoms with Crippen molar-refractivity contribution in [2.45, 2.75) is 13.2 Å². The van der Waals surface area contributed by atoms with Gasteiger partial charge in [-0.15, -0.1) is 0 Å². The highest BCUT2D eigenvalue weighted by atomic mass is 35.5. The van der Waals surface area contributed by atoms with Crippen LogP contribution in [0.1, 0.15) is 21.7 Å². The summed E-state index contributed by atoms with van der Waals surface area (Å²) >= 11 is 12.1. The smallest absolute Gasteiger partial charge is 0.358 e. The maximum atomic E-state index is 13.2. The average molecular weight is 497 g/mol. The van der Waals surface area contributed by atoms with E-state index < -0.39 is 5.97 Å². The molecular formula is C26H19Cl2FN2O3. The normalized spacial score (nSPS) is 10.8. The number of hydrogen-bond acceptors (Lipinski definition) is 5. The maximum absolute atomic E-state index is 13.2. The molecule has 5 nitrogen and oxygen atoms in total. The van der Waals surface area contributed by atoms with Crippen LogP contribution in [-0.4, -0.2) is 23.0 Å². The third-order valence-corrected chi connectivity index (χ3v) is 5.51. The molecule has 3 aromatic carbocycles. The van der Waals surface area contributed by atoms with Crippen molar-refractivity contribution in [2.75, 3.05) is 7.11 Å². The Labute approximate surface area is 206 Å². The lowest BCUT2D eigenvalue weighted by atomic mass is 10.0. The van der Waals surface area contributed by atoms with Gasteiger partial charge in [-0.25, -0.2) is 19.2 Å². The molecule has 34 heavy (non-hydrogen) atoms. The molecule has 8 heteroatoms. The Morgan fingerprint density at radius 2 is 1.32 bits per heavy atom. The van der Waals surface area contributed by atoms with Gasteiger partial charge in [-0.1, -0.05) is 59.6 Å². The summed E-state index contributed by atoms with van der Waals surface area (Å²) in [5.74, 6) is -0.959. The number of aromatic nitrogens is 2. The number of ether oxygens (including phenoxy) is 2. The van der Waals surface area contributed by atoms with Gasteiger partial charge in [0, 0.05) is 21.2 Å². The summed E-state index contributed by atoms with van der Waals surface area (Å²) in [5.41, 5.74) is 3.67. The molecule has 0 aliphatic rings. The zero-order chi connectivity index (χ0) is 24.1. The van der Waals surface area contributed by atoms with Crippen LogP contribution in [0.15, 0.2) is 72.8 Å². The van der Waals surface area contributed by atoms with Crippen LogP contribution >= 0.6 is 23.2 Å². The summed E-state index contributed by atoms with van der Waals surface area (Å²) in [4.78, 5) is 22.0. The minimum absolute atomic E-state index is 0.00367. The van der Waals surface area contributed by atoms with E-state index in [1.54, 1.807) is 48.5 Å². The number of halogens is 3. The summed E-state index contributed by atoms with van der Waals surface area (Å²) in [6.45, 7) is 0.202. The first-order chi connectivity index (χ1) is 16.4. The van der Waals surface area contributed by atoms with Crippen LogP contribution in [-0.2, 0) is 22.7 Å². The van der Waals surface area contributed by atoms with Crippen molar-refractivity contribution in [1.82, 2.24) is 9.97 Å². The van der Waals surface area contributed by atoms with Crippen molar-refractivity contribution in [2.24, 2.45) is 0 Å². The van der Waals surface area contributed by atoms with E-state index in [4.69, 9.17) is 37.7 Å². The molecule has 0 saturated heterocycles.